The lowest BCUT2D eigenvalue weighted by Gasteiger charge is -2.14. The van der Waals surface area contributed by atoms with Gasteiger partial charge in [0.1, 0.15) is 6.10 Å². The van der Waals surface area contributed by atoms with Crippen LogP contribution in [0.1, 0.15) is 75.1 Å². The van der Waals surface area contributed by atoms with Gasteiger partial charge >= 0.3 is 11.9 Å². The molecular formula is C28H38O4. The number of carbonyl (C=O) groups is 2. The van der Waals surface area contributed by atoms with Crippen LogP contribution in [-0.2, 0) is 14.3 Å². The molecule has 1 atom stereocenters. The number of allylic oxidation sites excluding steroid dienone is 7. The van der Waals surface area contributed by atoms with Crippen molar-refractivity contribution in [3.05, 3.63) is 84.5 Å². The van der Waals surface area contributed by atoms with Gasteiger partial charge in [-0.05, 0) is 63.2 Å². The molecule has 0 aliphatic rings. The van der Waals surface area contributed by atoms with Gasteiger partial charge in [-0.25, -0.2) is 4.79 Å². The molecule has 4 heteroatoms. The molecule has 0 unspecified atom stereocenters. The Balaban J connectivity index is 2.25. The normalized spacial score (nSPS) is 12.8. The zero-order valence-electron chi connectivity index (χ0n) is 19.6. The van der Waals surface area contributed by atoms with Crippen molar-refractivity contribution in [3.8, 4) is 0 Å². The molecule has 0 fully saturated rings. The molecule has 0 heterocycles. The second-order valence-corrected chi connectivity index (χ2v) is 7.47. The van der Waals surface area contributed by atoms with E-state index in [0.717, 1.165) is 51.4 Å². The van der Waals surface area contributed by atoms with Crippen LogP contribution in [0.5, 0.6) is 0 Å². The van der Waals surface area contributed by atoms with Gasteiger partial charge in [0.15, 0.2) is 0 Å². The quantitative estimate of drug-likeness (QED) is 0.156. The molecule has 0 saturated heterocycles. The molecule has 0 N–H and O–H groups in total. The molecule has 0 amide bonds. The van der Waals surface area contributed by atoms with Crippen molar-refractivity contribution in [1.82, 2.24) is 0 Å². The summed E-state index contributed by atoms with van der Waals surface area (Å²) in [6.07, 6.45) is 24.4. The minimum absolute atomic E-state index is 0.149. The van der Waals surface area contributed by atoms with Gasteiger partial charge in [0.05, 0.1) is 12.7 Å². The zero-order valence-corrected chi connectivity index (χ0v) is 19.6. The van der Waals surface area contributed by atoms with Gasteiger partial charge in [0.2, 0.25) is 0 Å². The largest absolute Gasteiger partial charge is 0.469 e. The third-order valence-electron chi connectivity index (χ3n) is 4.76. The summed E-state index contributed by atoms with van der Waals surface area (Å²) in [4.78, 5) is 23.3. The van der Waals surface area contributed by atoms with E-state index in [1.165, 1.54) is 7.11 Å². The predicted molar refractivity (Wildman–Crippen MR) is 131 cm³/mol. The molecule has 4 nitrogen and oxygen atoms in total. The van der Waals surface area contributed by atoms with Gasteiger partial charge in [-0.2, -0.15) is 0 Å². The van der Waals surface area contributed by atoms with E-state index in [2.05, 4.69) is 54.2 Å². The highest BCUT2D eigenvalue weighted by Gasteiger charge is 2.12. The fourth-order valence-electron chi connectivity index (χ4n) is 2.91. The smallest absolute Gasteiger partial charge is 0.338 e. The Morgan fingerprint density at radius 3 is 2.12 bits per heavy atom. The highest BCUT2D eigenvalue weighted by molar-refractivity contribution is 5.89. The Morgan fingerprint density at radius 2 is 1.50 bits per heavy atom. The summed E-state index contributed by atoms with van der Waals surface area (Å²) < 4.78 is 10.3. The lowest BCUT2D eigenvalue weighted by atomic mass is 10.1. The number of ether oxygens (including phenoxy) is 2. The minimum Gasteiger partial charge on any atom is -0.469 e. The van der Waals surface area contributed by atoms with Crippen LogP contribution in [0.25, 0.3) is 0 Å². The highest BCUT2D eigenvalue weighted by Crippen LogP contribution is 2.11. The van der Waals surface area contributed by atoms with E-state index in [-0.39, 0.29) is 18.0 Å². The Morgan fingerprint density at radius 1 is 0.875 bits per heavy atom. The molecule has 0 saturated carbocycles. The summed E-state index contributed by atoms with van der Waals surface area (Å²) in [5.74, 6) is -0.417. The minimum atomic E-state index is -0.269. The van der Waals surface area contributed by atoms with Crippen LogP contribution in [0.2, 0.25) is 0 Å². The van der Waals surface area contributed by atoms with Crippen LogP contribution < -0.4 is 0 Å². The van der Waals surface area contributed by atoms with E-state index in [4.69, 9.17) is 4.74 Å². The topological polar surface area (TPSA) is 52.6 Å². The number of unbranched alkanes of at least 4 members (excludes halogenated alkanes) is 2. The lowest BCUT2D eigenvalue weighted by molar-refractivity contribution is -0.140. The van der Waals surface area contributed by atoms with E-state index < -0.39 is 0 Å². The molecule has 1 aromatic carbocycles. The summed E-state index contributed by atoms with van der Waals surface area (Å²) in [7, 11) is 1.42. The van der Waals surface area contributed by atoms with Crippen LogP contribution in [0.3, 0.4) is 0 Å². The number of rotatable bonds is 16. The van der Waals surface area contributed by atoms with Crippen molar-refractivity contribution in [2.75, 3.05) is 7.11 Å². The fraction of sp³-hybridized carbons (Fsp3) is 0.429. The first kappa shape index (κ1) is 27.2. The maximum absolute atomic E-state index is 12.3. The Labute approximate surface area is 193 Å². The van der Waals surface area contributed by atoms with Gasteiger partial charge in [-0.3, -0.25) is 4.79 Å². The first-order valence-electron chi connectivity index (χ1n) is 11.6. The predicted octanol–water partition coefficient (Wildman–Crippen LogP) is 7.14. The summed E-state index contributed by atoms with van der Waals surface area (Å²) in [6, 6.07) is 9.13. The molecule has 0 bridgehead atoms. The molecule has 0 spiro atoms. The number of hydrogen-bond acceptors (Lipinski definition) is 4. The third-order valence-corrected chi connectivity index (χ3v) is 4.76. The molecular weight excluding hydrogens is 400 g/mol. The average Bonchev–Trinajstić information content (AvgIpc) is 2.82. The average molecular weight is 439 g/mol. The molecule has 0 aliphatic carbocycles. The number of methoxy groups -OCH3 is 1. The van der Waals surface area contributed by atoms with Crippen molar-refractivity contribution in [2.45, 2.75) is 70.8 Å². The maximum atomic E-state index is 12.3. The molecule has 1 rings (SSSR count). The van der Waals surface area contributed by atoms with Gasteiger partial charge in [-0.15, -0.1) is 0 Å². The second-order valence-electron chi connectivity index (χ2n) is 7.47. The van der Waals surface area contributed by atoms with E-state index >= 15 is 0 Å². The van der Waals surface area contributed by atoms with E-state index in [1.807, 2.05) is 24.3 Å². The van der Waals surface area contributed by atoms with Crippen molar-refractivity contribution < 1.29 is 19.1 Å². The Bertz CT molecular complexity index is 744. The maximum Gasteiger partial charge on any atom is 0.338 e. The number of carbonyl (C=O) groups excluding carboxylic acids is 2. The summed E-state index contributed by atoms with van der Waals surface area (Å²) in [5, 5.41) is 0. The number of esters is 2. The highest BCUT2D eigenvalue weighted by atomic mass is 16.5. The van der Waals surface area contributed by atoms with Crippen molar-refractivity contribution in [1.29, 1.82) is 0 Å². The molecule has 0 radical (unpaired) electrons. The van der Waals surface area contributed by atoms with Gasteiger partial charge in [-0.1, -0.05) is 74.1 Å². The van der Waals surface area contributed by atoms with Crippen molar-refractivity contribution in [3.63, 3.8) is 0 Å². The number of benzene rings is 1. The van der Waals surface area contributed by atoms with Crippen molar-refractivity contribution in [2.24, 2.45) is 0 Å². The SMILES string of the molecule is CCCC[C@@H](/C=C\C/C=C\C/C=C\C/C=C\CCCC(=O)OC)OC(=O)c1ccccc1. The monoisotopic (exact) mass is 438 g/mol. The van der Waals surface area contributed by atoms with Gasteiger partial charge in [0.25, 0.3) is 0 Å². The van der Waals surface area contributed by atoms with Crippen LogP contribution in [-0.4, -0.2) is 25.2 Å². The van der Waals surface area contributed by atoms with Crippen LogP contribution in [0.4, 0.5) is 0 Å². The molecule has 32 heavy (non-hydrogen) atoms. The lowest BCUT2D eigenvalue weighted by Crippen LogP contribution is -2.16. The van der Waals surface area contributed by atoms with Gasteiger partial charge in [0, 0.05) is 6.42 Å². The van der Waals surface area contributed by atoms with Crippen LogP contribution in [0, 0.1) is 0 Å². The zero-order chi connectivity index (χ0) is 23.3. The van der Waals surface area contributed by atoms with E-state index in [9.17, 15) is 9.59 Å². The van der Waals surface area contributed by atoms with Crippen LogP contribution in [0.15, 0.2) is 78.9 Å². The summed E-state index contributed by atoms with van der Waals surface area (Å²) in [5.41, 5.74) is 0.588. The molecule has 1 aromatic rings. The molecule has 0 aliphatic heterocycles. The van der Waals surface area contributed by atoms with Crippen LogP contribution >= 0.6 is 0 Å². The fourth-order valence-corrected chi connectivity index (χ4v) is 2.91. The second kappa shape index (κ2) is 18.9. The van der Waals surface area contributed by atoms with Gasteiger partial charge < -0.3 is 9.47 Å². The first-order chi connectivity index (χ1) is 15.7. The standard InChI is InChI=1S/C28H38O4/c1-3-4-22-26(32-28(30)25-20-16-15-17-21-25)23-18-13-11-9-7-5-6-8-10-12-14-19-24-27(29)31-2/h5-6,9-12,15-18,20-21,23,26H,3-4,7-8,13-14,19,22,24H2,1-2H3/b6-5-,11-9-,12-10-,23-18-/t26-/m0/s1. The first-order valence-corrected chi connectivity index (χ1v) is 11.6. The third kappa shape index (κ3) is 14.2. The molecule has 174 valence electrons. The summed E-state index contributed by atoms with van der Waals surface area (Å²) >= 11 is 0. The number of hydrogen-bond donors (Lipinski definition) is 0. The summed E-state index contributed by atoms with van der Waals surface area (Å²) in [6.45, 7) is 2.14. The van der Waals surface area contributed by atoms with Crippen molar-refractivity contribution >= 4 is 11.9 Å². The Kier molecular flexibility index (Phi) is 16.0. The van der Waals surface area contributed by atoms with E-state index in [0.29, 0.717) is 12.0 Å². The Hall–Kier alpha value is -2.88. The molecule has 0 aromatic heterocycles. The van der Waals surface area contributed by atoms with E-state index in [1.54, 1.807) is 12.1 Å².